The van der Waals surface area contributed by atoms with E-state index in [1.54, 1.807) is 24.3 Å². The highest BCUT2D eigenvalue weighted by molar-refractivity contribution is 7.92. The highest BCUT2D eigenvalue weighted by atomic mass is 32.2. The van der Waals surface area contributed by atoms with E-state index in [1.807, 2.05) is 48.5 Å². The highest BCUT2D eigenvalue weighted by Crippen LogP contribution is 2.29. The lowest BCUT2D eigenvalue weighted by molar-refractivity contribution is 0.601. The monoisotopic (exact) mass is 391 g/mol. The van der Waals surface area contributed by atoms with Gasteiger partial charge >= 0.3 is 0 Å². The van der Waals surface area contributed by atoms with Crippen molar-refractivity contribution in [2.75, 3.05) is 4.72 Å². The van der Waals surface area contributed by atoms with Crippen LogP contribution in [-0.4, -0.2) is 18.4 Å². The maximum absolute atomic E-state index is 12.9. The number of imidazole rings is 1. The van der Waals surface area contributed by atoms with Gasteiger partial charge in [-0.25, -0.2) is 13.4 Å². The Hall–Kier alpha value is -3.12. The number of benzene rings is 3. The summed E-state index contributed by atoms with van der Waals surface area (Å²) in [6.45, 7) is 2.10. The second kappa shape index (κ2) is 7.48. The molecule has 0 atom stereocenters. The molecule has 0 spiro atoms. The van der Waals surface area contributed by atoms with Crippen molar-refractivity contribution < 1.29 is 8.42 Å². The number of hydrogen-bond acceptors (Lipinski definition) is 3. The van der Waals surface area contributed by atoms with Gasteiger partial charge in [0.25, 0.3) is 10.0 Å². The molecule has 4 rings (SSSR count). The molecule has 4 aromatic rings. The number of hydrogen-bond donors (Lipinski definition) is 2. The molecule has 0 aliphatic carbocycles. The van der Waals surface area contributed by atoms with Crippen molar-refractivity contribution in [1.29, 1.82) is 0 Å². The van der Waals surface area contributed by atoms with Gasteiger partial charge < -0.3 is 4.98 Å². The van der Waals surface area contributed by atoms with E-state index in [1.165, 1.54) is 0 Å². The molecule has 2 N–H and O–H groups in total. The first kappa shape index (κ1) is 18.3. The lowest BCUT2D eigenvalue weighted by Crippen LogP contribution is -2.13. The van der Waals surface area contributed by atoms with Gasteiger partial charge in [0.15, 0.2) is 0 Å². The zero-order chi connectivity index (χ0) is 19.6. The quantitative estimate of drug-likeness (QED) is 0.486. The van der Waals surface area contributed by atoms with Crippen LogP contribution < -0.4 is 4.72 Å². The zero-order valence-corrected chi connectivity index (χ0v) is 16.3. The SMILES string of the molecule is CCCc1ccc(S(=O)(=O)Nc2ccccc2-c2nc3ccccc3[nH]2)cc1. The molecule has 1 aromatic heterocycles. The van der Waals surface area contributed by atoms with E-state index in [2.05, 4.69) is 21.6 Å². The Morgan fingerprint density at radius 1 is 0.929 bits per heavy atom. The minimum atomic E-state index is -3.70. The minimum absolute atomic E-state index is 0.242. The van der Waals surface area contributed by atoms with Crippen LogP contribution >= 0.6 is 0 Å². The molecule has 0 saturated heterocycles. The number of rotatable bonds is 6. The maximum atomic E-state index is 12.9. The Balaban J connectivity index is 1.68. The Labute approximate surface area is 164 Å². The number of anilines is 1. The number of nitrogens with one attached hydrogen (secondary N) is 2. The van der Waals surface area contributed by atoms with Gasteiger partial charge in [-0.05, 0) is 48.4 Å². The van der Waals surface area contributed by atoms with E-state index in [9.17, 15) is 8.42 Å². The summed E-state index contributed by atoms with van der Waals surface area (Å²) in [5, 5.41) is 0. The van der Waals surface area contributed by atoms with Gasteiger partial charge in [0.2, 0.25) is 0 Å². The van der Waals surface area contributed by atoms with Crippen LogP contribution in [0.4, 0.5) is 5.69 Å². The standard InChI is InChI=1S/C22H21N3O2S/c1-2-7-16-12-14-17(15-13-16)28(26,27)25-19-9-4-3-8-18(19)22-23-20-10-5-6-11-21(20)24-22/h3-6,8-15,25H,2,7H2,1H3,(H,23,24). The van der Waals surface area contributed by atoms with E-state index in [4.69, 9.17) is 0 Å². The van der Waals surface area contributed by atoms with E-state index < -0.39 is 10.0 Å². The fourth-order valence-corrected chi connectivity index (χ4v) is 4.27. The molecule has 0 radical (unpaired) electrons. The van der Waals surface area contributed by atoms with Gasteiger partial charge in [-0.2, -0.15) is 0 Å². The van der Waals surface area contributed by atoms with Crippen molar-refractivity contribution in [2.24, 2.45) is 0 Å². The summed E-state index contributed by atoms with van der Waals surface area (Å²) in [5.74, 6) is 0.623. The van der Waals surface area contributed by atoms with Crippen molar-refractivity contribution >= 4 is 26.7 Å². The molecule has 28 heavy (non-hydrogen) atoms. The Bertz CT molecular complexity index is 1180. The molecule has 5 nitrogen and oxygen atoms in total. The first-order valence-corrected chi connectivity index (χ1v) is 10.7. The molecule has 0 saturated carbocycles. The van der Waals surface area contributed by atoms with Crippen LogP contribution in [0.25, 0.3) is 22.4 Å². The summed E-state index contributed by atoms with van der Waals surface area (Å²) < 4.78 is 28.5. The molecule has 0 unspecified atom stereocenters. The molecule has 1 heterocycles. The molecular weight excluding hydrogens is 370 g/mol. The highest BCUT2D eigenvalue weighted by Gasteiger charge is 2.17. The van der Waals surface area contributed by atoms with Crippen molar-refractivity contribution in [2.45, 2.75) is 24.7 Å². The summed E-state index contributed by atoms with van der Waals surface area (Å²) in [6, 6.07) is 22.0. The van der Waals surface area contributed by atoms with E-state index in [0.717, 1.165) is 29.4 Å². The third-order valence-corrected chi connectivity index (χ3v) is 5.97. The first-order chi connectivity index (χ1) is 13.6. The van der Waals surface area contributed by atoms with Gasteiger partial charge in [-0.15, -0.1) is 0 Å². The molecule has 6 heteroatoms. The van der Waals surface area contributed by atoms with Crippen molar-refractivity contribution in [1.82, 2.24) is 9.97 Å². The molecule has 0 aliphatic heterocycles. The smallest absolute Gasteiger partial charge is 0.261 e. The fraction of sp³-hybridized carbons (Fsp3) is 0.136. The minimum Gasteiger partial charge on any atom is -0.338 e. The summed E-state index contributed by atoms with van der Waals surface area (Å²) in [7, 11) is -3.70. The number of aromatic amines is 1. The normalized spacial score (nSPS) is 11.6. The summed E-state index contributed by atoms with van der Waals surface area (Å²) in [4.78, 5) is 8.08. The van der Waals surface area contributed by atoms with Gasteiger partial charge in [0.1, 0.15) is 5.82 Å². The Morgan fingerprint density at radius 3 is 2.39 bits per heavy atom. The predicted octanol–water partition coefficient (Wildman–Crippen LogP) is 4.98. The molecule has 0 aliphatic rings. The second-order valence-corrected chi connectivity index (χ2v) is 8.33. The molecule has 0 fully saturated rings. The number of aryl methyl sites for hydroxylation is 1. The molecular formula is C22H21N3O2S. The average molecular weight is 391 g/mol. The number of aromatic nitrogens is 2. The second-order valence-electron chi connectivity index (χ2n) is 6.65. The summed E-state index contributed by atoms with van der Waals surface area (Å²) in [5.41, 5.74) is 4.05. The van der Waals surface area contributed by atoms with Crippen LogP contribution in [0.15, 0.2) is 77.7 Å². The molecule has 142 valence electrons. The van der Waals surface area contributed by atoms with Gasteiger partial charge in [0, 0.05) is 5.56 Å². The van der Waals surface area contributed by atoms with Gasteiger partial charge in [-0.1, -0.05) is 49.7 Å². The number of fused-ring (bicyclic) bond motifs is 1. The Morgan fingerprint density at radius 2 is 1.64 bits per heavy atom. The number of H-pyrrole nitrogens is 1. The zero-order valence-electron chi connectivity index (χ0n) is 15.5. The van der Waals surface area contributed by atoms with Crippen LogP contribution in [-0.2, 0) is 16.4 Å². The fourth-order valence-electron chi connectivity index (χ4n) is 3.19. The topological polar surface area (TPSA) is 74.8 Å². The Kier molecular flexibility index (Phi) is 4.88. The van der Waals surface area contributed by atoms with Crippen LogP contribution in [0, 0.1) is 0 Å². The van der Waals surface area contributed by atoms with Crippen molar-refractivity contribution in [3.05, 3.63) is 78.4 Å². The number of sulfonamides is 1. The first-order valence-electron chi connectivity index (χ1n) is 9.23. The average Bonchev–Trinajstić information content (AvgIpc) is 3.13. The van der Waals surface area contributed by atoms with Crippen LogP contribution in [0.3, 0.4) is 0 Å². The largest absolute Gasteiger partial charge is 0.338 e. The third kappa shape index (κ3) is 3.64. The lowest BCUT2D eigenvalue weighted by Gasteiger charge is -2.12. The van der Waals surface area contributed by atoms with Gasteiger partial charge in [-0.3, -0.25) is 4.72 Å². The van der Waals surface area contributed by atoms with Crippen LogP contribution in [0.2, 0.25) is 0 Å². The van der Waals surface area contributed by atoms with Crippen molar-refractivity contribution in [3.8, 4) is 11.4 Å². The lowest BCUT2D eigenvalue weighted by atomic mass is 10.1. The van der Waals surface area contributed by atoms with E-state index in [-0.39, 0.29) is 4.90 Å². The van der Waals surface area contributed by atoms with Crippen LogP contribution in [0.5, 0.6) is 0 Å². The van der Waals surface area contributed by atoms with E-state index in [0.29, 0.717) is 17.1 Å². The molecule has 0 bridgehead atoms. The number of para-hydroxylation sites is 3. The molecule has 3 aromatic carbocycles. The summed E-state index contributed by atoms with van der Waals surface area (Å²) >= 11 is 0. The number of nitrogens with zero attached hydrogens (tertiary/aromatic N) is 1. The molecule has 0 amide bonds. The van der Waals surface area contributed by atoms with Crippen molar-refractivity contribution in [3.63, 3.8) is 0 Å². The predicted molar refractivity (Wildman–Crippen MR) is 113 cm³/mol. The maximum Gasteiger partial charge on any atom is 0.261 e. The van der Waals surface area contributed by atoms with Gasteiger partial charge in [0.05, 0.1) is 21.6 Å². The third-order valence-electron chi connectivity index (χ3n) is 4.59. The van der Waals surface area contributed by atoms with E-state index >= 15 is 0 Å². The summed E-state index contributed by atoms with van der Waals surface area (Å²) in [6.07, 6.45) is 1.96. The van der Waals surface area contributed by atoms with Crippen LogP contribution in [0.1, 0.15) is 18.9 Å².